The lowest BCUT2D eigenvalue weighted by Gasteiger charge is -2.10. The van der Waals surface area contributed by atoms with Crippen molar-refractivity contribution in [2.75, 3.05) is 13.1 Å². The van der Waals surface area contributed by atoms with Crippen molar-refractivity contribution >= 4 is 24.8 Å². The summed E-state index contributed by atoms with van der Waals surface area (Å²) in [6, 6.07) is 0. The Bertz CT molecular complexity index is 72.3. The molecule has 2 nitrogen and oxygen atoms in total. The highest BCUT2D eigenvalue weighted by Gasteiger charge is 2.24. The second-order valence-corrected chi connectivity index (χ2v) is 1.60. The summed E-state index contributed by atoms with van der Waals surface area (Å²) in [6.07, 6.45) is -0.316. The molecule has 10 heavy (non-hydrogen) atoms. The Balaban J connectivity index is -0.000000245. The zero-order valence-corrected chi connectivity index (χ0v) is 6.98. The topological polar surface area (TPSA) is 52.0 Å². The highest BCUT2D eigenvalue weighted by Crippen LogP contribution is 2.13. The molecule has 0 aromatic heterocycles. The Morgan fingerprint density at radius 3 is 1.60 bits per heavy atom. The minimum atomic E-state index is -2.76. The van der Waals surface area contributed by atoms with Crippen molar-refractivity contribution in [3.05, 3.63) is 0 Å². The molecule has 0 aliphatic rings. The molecule has 0 radical (unpaired) electrons. The molecule has 0 atom stereocenters. The van der Waals surface area contributed by atoms with E-state index in [1.54, 1.807) is 0 Å². The van der Waals surface area contributed by atoms with Gasteiger partial charge in [0.15, 0.2) is 0 Å². The van der Waals surface area contributed by atoms with Gasteiger partial charge in [0.05, 0.1) is 6.54 Å². The predicted octanol–water partition coefficient (Wildman–Crippen LogP) is 0.773. The van der Waals surface area contributed by atoms with Crippen LogP contribution in [0.1, 0.15) is 6.42 Å². The number of rotatable bonds is 3. The number of alkyl halides is 2. The third kappa shape index (κ3) is 8.36. The molecule has 0 saturated carbocycles. The molecule has 0 unspecified atom stereocenters. The lowest BCUT2D eigenvalue weighted by Crippen LogP contribution is -2.30. The molecule has 0 aromatic rings. The van der Waals surface area contributed by atoms with E-state index in [1.165, 1.54) is 0 Å². The standard InChI is InChI=1S/C4H10F2N2.2ClH/c5-4(6,3-8)1-2-7;;/h1-3,7-8H2;2*1H. The average Bonchev–Trinajstić information content (AvgIpc) is 1.67. The molecule has 0 fully saturated rings. The summed E-state index contributed by atoms with van der Waals surface area (Å²) in [5.74, 6) is -2.76. The van der Waals surface area contributed by atoms with E-state index in [-0.39, 0.29) is 37.8 Å². The van der Waals surface area contributed by atoms with Gasteiger partial charge >= 0.3 is 0 Å². The first-order valence-corrected chi connectivity index (χ1v) is 2.40. The minimum absolute atomic E-state index is 0. The molecule has 4 N–H and O–H groups in total. The van der Waals surface area contributed by atoms with E-state index in [0.717, 1.165) is 0 Å². The number of hydrogen-bond acceptors (Lipinski definition) is 2. The molecule has 0 bridgehead atoms. The van der Waals surface area contributed by atoms with Crippen molar-refractivity contribution in [2.24, 2.45) is 11.5 Å². The molecular formula is C4H12Cl2F2N2. The molecule has 66 valence electrons. The Morgan fingerprint density at radius 1 is 1.10 bits per heavy atom. The SMILES string of the molecule is Cl.Cl.NCCC(F)(F)CN. The minimum Gasteiger partial charge on any atom is -0.330 e. The predicted molar refractivity (Wildman–Crippen MR) is 42.2 cm³/mol. The molecule has 0 spiro atoms. The maximum Gasteiger partial charge on any atom is 0.261 e. The maximum atomic E-state index is 11.9. The van der Waals surface area contributed by atoms with Gasteiger partial charge in [0, 0.05) is 6.42 Å². The van der Waals surface area contributed by atoms with Crippen molar-refractivity contribution in [1.82, 2.24) is 0 Å². The Kier molecular flexibility index (Phi) is 12.5. The van der Waals surface area contributed by atoms with Crippen LogP contribution in [0.25, 0.3) is 0 Å². The second-order valence-electron chi connectivity index (χ2n) is 1.60. The third-order valence-corrected chi connectivity index (χ3v) is 0.809. The average molecular weight is 197 g/mol. The summed E-state index contributed by atoms with van der Waals surface area (Å²) in [7, 11) is 0. The van der Waals surface area contributed by atoms with Crippen LogP contribution in [0, 0.1) is 0 Å². The van der Waals surface area contributed by atoms with Gasteiger partial charge in [-0.15, -0.1) is 24.8 Å². The fraction of sp³-hybridized carbons (Fsp3) is 1.00. The molecule has 6 heteroatoms. The first kappa shape index (κ1) is 16.8. The summed E-state index contributed by atoms with van der Waals surface area (Å²) in [5.41, 5.74) is 9.54. The van der Waals surface area contributed by atoms with Crippen LogP contribution in [0.2, 0.25) is 0 Å². The van der Waals surface area contributed by atoms with Gasteiger partial charge in [-0.3, -0.25) is 0 Å². The molecule has 0 saturated heterocycles. The molecule has 0 heterocycles. The fourth-order valence-corrected chi connectivity index (χ4v) is 0.313. The van der Waals surface area contributed by atoms with Gasteiger partial charge in [0.1, 0.15) is 0 Å². The van der Waals surface area contributed by atoms with Crippen LogP contribution >= 0.6 is 24.8 Å². The van der Waals surface area contributed by atoms with Crippen LogP contribution in [0.4, 0.5) is 8.78 Å². The quantitative estimate of drug-likeness (QED) is 0.702. The highest BCUT2D eigenvalue weighted by molar-refractivity contribution is 5.85. The molecule has 0 aliphatic carbocycles. The van der Waals surface area contributed by atoms with Crippen molar-refractivity contribution < 1.29 is 8.78 Å². The van der Waals surface area contributed by atoms with E-state index >= 15 is 0 Å². The van der Waals surface area contributed by atoms with Crippen LogP contribution in [0.5, 0.6) is 0 Å². The van der Waals surface area contributed by atoms with Gasteiger partial charge in [-0.2, -0.15) is 0 Å². The van der Waals surface area contributed by atoms with E-state index in [9.17, 15) is 8.78 Å². The van der Waals surface area contributed by atoms with E-state index < -0.39 is 12.5 Å². The largest absolute Gasteiger partial charge is 0.330 e. The Morgan fingerprint density at radius 2 is 1.50 bits per heavy atom. The van der Waals surface area contributed by atoms with Gasteiger partial charge in [-0.05, 0) is 6.54 Å². The number of halogens is 4. The van der Waals surface area contributed by atoms with Gasteiger partial charge in [0.2, 0.25) is 0 Å². The first-order valence-electron chi connectivity index (χ1n) is 2.40. The van der Waals surface area contributed by atoms with E-state index in [0.29, 0.717) is 0 Å². The van der Waals surface area contributed by atoms with Crippen molar-refractivity contribution in [3.8, 4) is 0 Å². The van der Waals surface area contributed by atoms with Crippen molar-refractivity contribution in [3.63, 3.8) is 0 Å². The van der Waals surface area contributed by atoms with Crippen LogP contribution in [0.3, 0.4) is 0 Å². The van der Waals surface area contributed by atoms with E-state index in [4.69, 9.17) is 5.73 Å². The van der Waals surface area contributed by atoms with Crippen LogP contribution in [-0.2, 0) is 0 Å². The van der Waals surface area contributed by atoms with Crippen molar-refractivity contribution in [1.29, 1.82) is 0 Å². The summed E-state index contributed by atoms with van der Waals surface area (Å²) in [6.45, 7) is -0.617. The van der Waals surface area contributed by atoms with Gasteiger partial charge in [-0.25, -0.2) is 8.78 Å². The Labute approximate surface area is 71.2 Å². The molecule has 0 aliphatic heterocycles. The van der Waals surface area contributed by atoms with Gasteiger partial charge in [-0.1, -0.05) is 0 Å². The normalized spacial score (nSPS) is 9.60. The smallest absolute Gasteiger partial charge is 0.261 e. The second kappa shape index (κ2) is 7.47. The zero-order valence-electron chi connectivity index (χ0n) is 5.35. The maximum absolute atomic E-state index is 11.9. The molecular weight excluding hydrogens is 185 g/mol. The summed E-state index contributed by atoms with van der Waals surface area (Å²) < 4.78 is 23.9. The zero-order chi connectivity index (χ0) is 6.62. The Hall–Kier alpha value is 0.360. The monoisotopic (exact) mass is 196 g/mol. The van der Waals surface area contributed by atoms with E-state index in [2.05, 4.69) is 5.73 Å². The van der Waals surface area contributed by atoms with Gasteiger partial charge in [0.25, 0.3) is 5.92 Å². The lowest BCUT2D eigenvalue weighted by atomic mass is 10.2. The number of nitrogens with two attached hydrogens (primary N) is 2. The van der Waals surface area contributed by atoms with Crippen LogP contribution in [-0.4, -0.2) is 19.0 Å². The molecule has 0 rings (SSSR count). The van der Waals surface area contributed by atoms with Crippen molar-refractivity contribution in [2.45, 2.75) is 12.3 Å². The summed E-state index contributed by atoms with van der Waals surface area (Å²) in [5, 5.41) is 0. The number of hydrogen-bond donors (Lipinski definition) is 2. The van der Waals surface area contributed by atoms with Gasteiger partial charge < -0.3 is 11.5 Å². The first-order chi connectivity index (χ1) is 3.62. The lowest BCUT2D eigenvalue weighted by molar-refractivity contribution is 0.00474. The highest BCUT2D eigenvalue weighted by atomic mass is 35.5. The van der Waals surface area contributed by atoms with Crippen LogP contribution < -0.4 is 11.5 Å². The van der Waals surface area contributed by atoms with Crippen LogP contribution in [0.15, 0.2) is 0 Å². The fourth-order valence-electron chi connectivity index (χ4n) is 0.313. The third-order valence-electron chi connectivity index (χ3n) is 0.809. The molecule has 0 amide bonds. The summed E-state index contributed by atoms with van der Waals surface area (Å²) >= 11 is 0. The van der Waals surface area contributed by atoms with E-state index in [1.807, 2.05) is 0 Å². The molecule has 0 aromatic carbocycles. The summed E-state index contributed by atoms with van der Waals surface area (Å²) in [4.78, 5) is 0.